The number of hydrogen-bond acceptors (Lipinski definition) is 7. The van der Waals surface area contributed by atoms with Crippen molar-refractivity contribution in [2.75, 3.05) is 53.1 Å². The van der Waals surface area contributed by atoms with E-state index in [1.165, 1.54) is 11.0 Å². The smallest absolute Gasteiger partial charge is 0.407 e. The zero-order valence-corrected chi connectivity index (χ0v) is 28.9. The number of carbonyl (C=O) groups is 3. The number of amides is 3. The minimum atomic E-state index is -1.12. The molecule has 2 saturated heterocycles. The number of nitrogens with zero attached hydrogens (tertiary/aromatic N) is 6. The molecule has 0 radical (unpaired) electrons. The molecule has 4 rings (SSSR count). The number of carbonyl (C=O) groups excluding carboxylic acids is 2. The summed E-state index contributed by atoms with van der Waals surface area (Å²) in [5, 5.41) is 19.3. The van der Waals surface area contributed by atoms with Gasteiger partial charge in [0.15, 0.2) is 5.69 Å². The Morgan fingerprint density at radius 3 is 2.47 bits per heavy atom. The van der Waals surface area contributed by atoms with Gasteiger partial charge in [0.1, 0.15) is 5.82 Å². The molecular formula is C34H51FN6O6. The van der Waals surface area contributed by atoms with E-state index in [1.54, 1.807) is 40.6 Å². The number of likely N-dealkylation sites (tertiary alicyclic amines) is 1. The molecule has 12 nitrogen and oxygen atoms in total. The van der Waals surface area contributed by atoms with Crippen LogP contribution in [0.1, 0.15) is 75.6 Å². The van der Waals surface area contributed by atoms with E-state index in [-0.39, 0.29) is 35.8 Å². The molecule has 2 aliphatic heterocycles. The van der Waals surface area contributed by atoms with E-state index in [0.717, 1.165) is 6.42 Å². The van der Waals surface area contributed by atoms with Gasteiger partial charge in [0.25, 0.3) is 5.91 Å². The van der Waals surface area contributed by atoms with Gasteiger partial charge >= 0.3 is 6.09 Å². The van der Waals surface area contributed by atoms with Gasteiger partial charge < -0.3 is 29.3 Å². The third-order valence-corrected chi connectivity index (χ3v) is 9.04. The predicted octanol–water partition coefficient (Wildman–Crippen LogP) is 4.42. The molecule has 0 bridgehead atoms. The molecule has 1 N–H and O–H groups in total. The first-order valence-electron chi connectivity index (χ1n) is 16.6. The Morgan fingerprint density at radius 2 is 1.87 bits per heavy atom. The molecule has 1 unspecified atom stereocenters. The minimum absolute atomic E-state index is 0.0353. The third-order valence-electron chi connectivity index (χ3n) is 9.04. The summed E-state index contributed by atoms with van der Waals surface area (Å²) in [7, 11) is 1.64. The van der Waals surface area contributed by atoms with Crippen molar-refractivity contribution in [1.29, 1.82) is 0 Å². The third kappa shape index (κ3) is 8.48. The maximum atomic E-state index is 14.8. The van der Waals surface area contributed by atoms with Gasteiger partial charge in [-0.25, -0.2) is 13.9 Å². The van der Waals surface area contributed by atoms with Crippen molar-refractivity contribution in [3.8, 4) is 5.69 Å². The summed E-state index contributed by atoms with van der Waals surface area (Å²) < 4.78 is 26.5. The standard InChI is InChI=1S/C34H51FN6O6/c1-22(2)20-39(28-19-24(31(42)38-13-16-47-17-14-38)21-40(33(44)45)30(28)34(4,5)6)32(43)29-27(10-8-9-15-46-7)41(37-36-29)25-11-12-26(35)23(3)18-25/h11-12,18,22,24,28,30H,8-10,13-17,19-21H2,1-7H3,(H,44,45)/t24-,28+,30?/m1/s1. The van der Waals surface area contributed by atoms with Gasteiger partial charge in [0.2, 0.25) is 5.91 Å². The van der Waals surface area contributed by atoms with E-state index < -0.39 is 29.5 Å². The highest BCUT2D eigenvalue weighted by atomic mass is 19.1. The zero-order valence-electron chi connectivity index (χ0n) is 28.9. The number of morpholine rings is 1. The fraction of sp³-hybridized carbons (Fsp3) is 0.676. The van der Waals surface area contributed by atoms with E-state index in [0.29, 0.717) is 75.7 Å². The zero-order chi connectivity index (χ0) is 34.5. The molecule has 3 amide bonds. The molecule has 2 aromatic rings. The number of piperidine rings is 1. The fourth-order valence-corrected chi connectivity index (χ4v) is 6.91. The lowest BCUT2D eigenvalue weighted by molar-refractivity contribution is -0.144. The van der Waals surface area contributed by atoms with Gasteiger partial charge in [0.05, 0.1) is 42.6 Å². The second-order valence-corrected chi connectivity index (χ2v) is 14.2. The number of ether oxygens (including phenoxy) is 2. The van der Waals surface area contributed by atoms with E-state index in [1.807, 2.05) is 34.6 Å². The normalized spacial score (nSPS) is 20.5. The van der Waals surface area contributed by atoms with Gasteiger partial charge in [-0.1, -0.05) is 39.8 Å². The van der Waals surface area contributed by atoms with E-state index in [2.05, 4.69) is 10.3 Å². The Labute approximate surface area is 277 Å². The Bertz CT molecular complexity index is 1400. The van der Waals surface area contributed by atoms with Gasteiger partial charge in [-0.05, 0) is 67.7 Å². The Kier molecular flexibility index (Phi) is 12.0. The molecule has 0 aliphatic carbocycles. The summed E-state index contributed by atoms with van der Waals surface area (Å²) in [6.07, 6.45) is 1.11. The first-order valence-corrected chi connectivity index (χ1v) is 16.6. The molecule has 1 aromatic heterocycles. The van der Waals surface area contributed by atoms with Crippen LogP contribution in [0.15, 0.2) is 18.2 Å². The van der Waals surface area contributed by atoms with Crippen LogP contribution in [0.3, 0.4) is 0 Å². The predicted molar refractivity (Wildman–Crippen MR) is 174 cm³/mol. The monoisotopic (exact) mass is 658 g/mol. The lowest BCUT2D eigenvalue weighted by Gasteiger charge is -2.52. The average Bonchev–Trinajstić information content (AvgIpc) is 3.45. The van der Waals surface area contributed by atoms with Crippen LogP contribution in [0.25, 0.3) is 5.69 Å². The summed E-state index contributed by atoms with van der Waals surface area (Å²) in [4.78, 5) is 46.3. The molecule has 13 heteroatoms. The van der Waals surface area contributed by atoms with Crippen LogP contribution in [-0.4, -0.2) is 118 Å². The summed E-state index contributed by atoms with van der Waals surface area (Å²) >= 11 is 0. The summed E-state index contributed by atoms with van der Waals surface area (Å²) in [5.74, 6) is -1.42. The summed E-state index contributed by atoms with van der Waals surface area (Å²) in [6, 6.07) is 3.46. The summed E-state index contributed by atoms with van der Waals surface area (Å²) in [5.41, 5.74) is 1.23. The highest BCUT2D eigenvalue weighted by Gasteiger charge is 2.50. The lowest BCUT2D eigenvalue weighted by atomic mass is 9.74. The minimum Gasteiger partial charge on any atom is -0.465 e. The lowest BCUT2D eigenvalue weighted by Crippen LogP contribution is -2.66. The van der Waals surface area contributed by atoms with Crippen molar-refractivity contribution >= 4 is 17.9 Å². The number of rotatable bonds is 11. The molecule has 1 aromatic carbocycles. The number of halogens is 1. The molecule has 47 heavy (non-hydrogen) atoms. The number of hydrogen-bond donors (Lipinski definition) is 1. The van der Waals surface area contributed by atoms with Crippen LogP contribution in [0, 0.1) is 30.0 Å². The fourth-order valence-electron chi connectivity index (χ4n) is 6.91. The van der Waals surface area contributed by atoms with Gasteiger partial charge in [-0.2, -0.15) is 0 Å². The Hall–Kier alpha value is -3.58. The topological polar surface area (TPSA) is 130 Å². The van der Waals surface area contributed by atoms with E-state index >= 15 is 0 Å². The van der Waals surface area contributed by atoms with Crippen molar-refractivity contribution < 1.29 is 33.4 Å². The van der Waals surface area contributed by atoms with Crippen LogP contribution in [0.2, 0.25) is 0 Å². The number of benzene rings is 1. The largest absolute Gasteiger partial charge is 0.465 e. The number of aryl methyl sites for hydroxylation is 1. The van der Waals surface area contributed by atoms with Crippen molar-refractivity contribution in [2.24, 2.45) is 17.3 Å². The van der Waals surface area contributed by atoms with Crippen molar-refractivity contribution in [1.82, 2.24) is 29.7 Å². The second-order valence-electron chi connectivity index (χ2n) is 14.2. The number of aromatic nitrogens is 3. The average molecular weight is 659 g/mol. The Morgan fingerprint density at radius 1 is 1.17 bits per heavy atom. The maximum Gasteiger partial charge on any atom is 0.407 e. The van der Waals surface area contributed by atoms with Crippen LogP contribution in [-0.2, 0) is 20.7 Å². The van der Waals surface area contributed by atoms with Gasteiger partial charge in [-0.15, -0.1) is 5.10 Å². The van der Waals surface area contributed by atoms with Crippen molar-refractivity contribution in [3.63, 3.8) is 0 Å². The number of unbranched alkanes of at least 4 members (excludes halogenated alkanes) is 1. The van der Waals surface area contributed by atoms with Gasteiger partial charge in [0, 0.05) is 39.9 Å². The van der Waals surface area contributed by atoms with Crippen molar-refractivity contribution in [2.45, 2.75) is 79.3 Å². The van der Waals surface area contributed by atoms with Crippen LogP contribution >= 0.6 is 0 Å². The number of carboxylic acid groups (broad SMARTS) is 1. The van der Waals surface area contributed by atoms with Crippen LogP contribution in [0.5, 0.6) is 0 Å². The quantitative estimate of drug-likeness (QED) is 0.351. The molecular weight excluding hydrogens is 607 g/mol. The van der Waals surface area contributed by atoms with Crippen molar-refractivity contribution in [3.05, 3.63) is 41.0 Å². The molecule has 3 heterocycles. The molecule has 3 atom stereocenters. The van der Waals surface area contributed by atoms with E-state index in [4.69, 9.17) is 9.47 Å². The molecule has 0 spiro atoms. The number of methoxy groups -OCH3 is 1. The first kappa shape index (κ1) is 36.3. The van der Waals surface area contributed by atoms with Crippen LogP contribution in [0.4, 0.5) is 9.18 Å². The van der Waals surface area contributed by atoms with Crippen LogP contribution < -0.4 is 0 Å². The molecule has 2 aliphatic rings. The Balaban J connectivity index is 1.80. The highest BCUT2D eigenvalue weighted by Crippen LogP contribution is 2.38. The molecule has 0 saturated carbocycles. The van der Waals surface area contributed by atoms with E-state index in [9.17, 15) is 23.9 Å². The van der Waals surface area contributed by atoms with Gasteiger partial charge in [-0.3, -0.25) is 9.59 Å². The summed E-state index contributed by atoms with van der Waals surface area (Å²) in [6.45, 7) is 14.3. The second kappa shape index (κ2) is 15.5. The maximum absolute atomic E-state index is 14.8. The highest BCUT2D eigenvalue weighted by molar-refractivity contribution is 5.94. The SMILES string of the molecule is COCCCCc1c(C(=O)N(CC(C)C)[C@H]2C[C@@H](C(=O)N3CCOCC3)CN(C(=O)O)C2C(C)(C)C)nnn1-c1ccc(F)c(C)c1. The molecule has 2 fully saturated rings. The molecule has 260 valence electrons. The first-order chi connectivity index (χ1) is 22.2.